The van der Waals surface area contributed by atoms with Crippen molar-refractivity contribution in [1.82, 2.24) is 0 Å². The monoisotopic (exact) mass is 831 g/mol. The van der Waals surface area contributed by atoms with Gasteiger partial charge < -0.3 is 14.2 Å². The number of ether oxygens (including phenoxy) is 3. The van der Waals surface area contributed by atoms with Crippen molar-refractivity contribution in [3.63, 3.8) is 0 Å². The zero-order valence-corrected chi connectivity index (χ0v) is 38.4. The molecule has 0 aromatic carbocycles. The molecule has 1 unspecified atom stereocenters. The second-order valence-electron chi connectivity index (χ2n) is 15.3. The smallest absolute Gasteiger partial charge is 0.306 e. The van der Waals surface area contributed by atoms with E-state index in [1.165, 1.54) is 25.7 Å². The number of rotatable bonds is 41. The summed E-state index contributed by atoms with van der Waals surface area (Å²) in [5, 5.41) is 0. The third kappa shape index (κ3) is 45.2. The van der Waals surface area contributed by atoms with Crippen LogP contribution in [-0.4, -0.2) is 37.2 Å². The summed E-state index contributed by atoms with van der Waals surface area (Å²) >= 11 is 0. The summed E-state index contributed by atoms with van der Waals surface area (Å²) in [6.45, 7) is 6.31. The van der Waals surface area contributed by atoms with E-state index in [1.807, 2.05) is 0 Å². The first-order valence-electron chi connectivity index (χ1n) is 23.9. The number of carbonyl (C=O) groups is 3. The van der Waals surface area contributed by atoms with Crippen LogP contribution in [0.15, 0.2) is 109 Å². The average molecular weight is 831 g/mol. The SMILES string of the molecule is CC/C=C\C/C=C\C/C=C\C/C=C\C/C=C\C/C=C\C/C=C\C/C=C\C/C=C\CCCCCC(=O)OCC(COC(=O)CCCCCCC)OC(=O)CCCCCCCC. The van der Waals surface area contributed by atoms with Crippen molar-refractivity contribution < 1.29 is 28.6 Å². The summed E-state index contributed by atoms with van der Waals surface area (Å²) in [5.41, 5.74) is 0. The van der Waals surface area contributed by atoms with E-state index < -0.39 is 6.10 Å². The summed E-state index contributed by atoms with van der Waals surface area (Å²) in [6.07, 6.45) is 64.3. The fraction of sp³-hybridized carbons (Fsp3) is 0.611. The Morgan fingerprint density at radius 3 is 1.02 bits per heavy atom. The lowest BCUT2D eigenvalue weighted by molar-refractivity contribution is -0.167. The van der Waals surface area contributed by atoms with Crippen molar-refractivity contribution in [3.8, 4) is 0 Å². The van der Waals surface area contributed by atoms with Gasteiger partial charge in [-0.05, 0) is 89.9 Å². The predicted molar refractivity (Wildman–Crippen MR) is 256 cm³/mol. The molecule has 0 rings (SSSR count). The molecular formula is C54H86O6. The van der Waals surface area contributed by atoms with E-state index >= 15 is 0 Å². The molecule has 0 bridgehead atoms. The lowest BCUT2D eigenvalue weighted by Crippen LogP contribution is -2.30. The molecule has 0 fully saturated rings. The van der Waals surface area contributed by atoms with Gasteiger partial charge in [-0.2, -0.15) is 0 Å². The number of unbranched alkanes of at least 4 members (excludes halogenated alkanes) is 12. The van der Waals surface area contributed by atoms with Gasteiger partial charge in [-0.25, -0.2) is 0 Å². The quantitative estimate of drug-likeness (QED) is 0.0264. The summed E-state index contributed by atoms with van der Waals surface area (Å²) < 4.78 is 16.5. The second-order valence-corrected chi connectivity index (χ2v) is 15.3. The minimum Gasteiger partial charge on any atom is -0.462 e. The van der Waals surface area contributed by atoms with Crippen LogP contribution in [0.4, 0.5) is 0 Å². The summed E-state index contributed by atoms with van der Waals surface area (Å²) in [4.78, 5) is 37.2. The maximum Gasteiger partial charge on any atom is 0.306 e. The van der Waals surface area contributed by atoms with E-state index in [4.69, 9.17) is 14.2 Å². The van der Waals surface area contributed by atoms with Gasteiger partial charge in [-0.1, -0.05) is 194 Å². The van der Waals surface area contributed by atoms with E-state index in [1.54, 1.807) is 0 Å². The lowest BCUT2D eigenvalue weighted by atomic mass is 10.1. The molecule has 0 heterocycles. The Morgan fingerprint density at radius 1 is 0.350 bits per heavy atom. The number of allylic oxidation sites excluding steroid dienone is 18. The fourth-order valence-electron chi connectivity index (χ4n) is 5.96. The molecular weight excluding hydrogens is 745 g/mol. The van der Waals surface area contributed by atoms with Gasteiger partial charge in [0.25, 0.3) is 0 Å². The number of hydrogen-bond donors (Lipinski definition) is 0. The lowest BCUT2D eigenvalue weighted by Gasteiger charge is -2.18. The number of carbonyl (C=O) groups excluding carboxylic acids is 3. The summed E-state index contributed by atoms with van der Waals surface area (Å²) in [5.74, 6) is -0.961. The molecule has 0 aliphatic rings. The third-order valence-electron chi connectivity index (χ3n) is 9.54. The van der Waals surface area contributed by atoms with Crippen molar-refractivity contribution in [2.24, 2.45) is 0 Å². The normalized spacial score (nSPS) is 13.1. The van der Waals surface area contributed by atoms with Crippen LogP contribution >= 0.6 is 0 Å². The van der Waals surface area contributed by atoms with Gasteiger partial charge >= 0.3 is 17.9 Å². The van der Waals surface area contributed by atoms with Gasteiger partial charge in [0.15, 0.2) is 6.10 Å². The first-order chi connectivity index (χ1) is 29.5. The molecule has 1 atom stereocenters. The van der Waals surface area contributed by atoms with Crippen LogP contribution in [0.3, 0.4) is 0 Å². The molecule has 0 saturated carbocycles. The van der Waals surface area contributed by atoms with Crippen molar-refractivity contribution in [1.29, 1.82) is 0 Å². The van der Waals surface area contributed by atoms with Crippen LogP contribution in [0.5, 0.6) is 0 Å². The number of esters is 3. The van der Waals surface area contributed by atoms with Gasteiger partial charge in [0.05, 0.1) is 0 Å². The summed E-state index contributed by atoms with van der Waals surface area (Å²) in [6, 6.07) is 0. The van der Waals surface area contributed by atoms with Crippen LogP contribution in [0.25, 0.3) is 0 Å². The molecule has 0 aromatic heterocycles. The van der Waals surface area contributed by atoms with Crippen molar-refractivity contribution >= 4 is 17.9 Å². The van der Waals surface area contributed by atoms with Crippen molar-refractivity contribution in [2.75, 3.05) is 13.2 Å². The Balaban J connectivity index is 4.08. The predicted octanol–water partition coefficient (Wildman–Crippen LogP) is 15.6. The first-order valence-corrected chi connectivity index (χ1v) is 23.9. The molecule has 0 aromatic rings. The van der Waals surface area contributed by atoms with Crippen LogP contribution in [0.1, 0.15) is 194 Å². The van der Waals surface area contributed by atoms with Gasteiger partial charge in [-0.15, -0.1) is 0 Å². The first kappa shape index (κ1) is 56.1. The van der Waals surface area contributed by atoms with Gasteiger partial charge in [-0.3, -0.25) is 14.4 Å². The second kappa shape index (κ2) is 47.7. The maximum atomic E-state index is 12.5. The molecule has 0 amide bonds. The van der Waals surface area contributed by atoms with Crippen LogP contribution in [0, 0.1) is 0 Å². The Hall–Kier alpha value is -3.93. The molecule has 0 spiro atoms. The van der Waals surface area contributed by atoms with Crippen molar-refractivity contribution in [2.45, 2.75) is 200 Å². The molecule has 0 saturated heterocycles. The van der Waals surface area contributed by atoms with E-state index in [9.17, 15) is 14.4 Å². The highest BCUT2D eigenvalue weighted by atomic mass is 16.6. The Morgan fingerprint density at radius 2 is 0.650 bits per heavy atom. The highest BCUT2D eigenvalue weighted by molar-refractivity contribution is 5.71. The van der Waals surface area contributed by atoms with Crippen LogP contribution in [-0.2, 0) is 28.6 Å². The average Bonchev–Trinajstić information content (AvgIpc) is 3.24. The molecule has 6 nitrogen and oxygen atoms in total. The number of hydrogen-bond acceptors (Lipinski definition) is 6. The zero-order chi connectivity index (χ0) is 43.7. The third-order valence-corrected chi connectivity index (χ3v) is 9.54. The fourth-order valence-corrected chi connectivity index (χ4v) is 5.96. The summed E-state index contributed by atoms with van der Waals surface area (Å²) in [7, 11) is 0. The Kier molecular flexibility index (Phi) is 44.6. The van der Waals surface area contributed by atoms with Crippen LogP contribution < -0.4 is 0 Å². The van der Waals surface area contributed by atoms with Gasteiger partial charge in [0.2, 0.25) is 0 Å². The van der Waals surface area contributed by atoms with Crippen molar-refractivity contribution in [3.05, 3.63) is 109 Å². The molecule has 338 valence electrons. The highest BCUT2D eigenvalue weighted by Gasteiger charge is 2.19. The minimum atomic E-state index is -0.783. The highest BCUT2D eigenvalue weighted by Crippen LogP contribution is 2.11. The van der Waals surface area contributed by atoms with E-state index in [2.05, 4.69) is 130 Å². The maximum absolute atomic E-state index is 12.5. The molecule has 6 heteroatoms. The molecule has 0 radical (unpaired) electrons. The van der Waals surface area contributed by atoms with E-state index in [0.717, 1.165) is 128 Å². The molecule has 0 aliphatic heterocycles. The van der Waals surface area contributed by atoms with E-state index in [-0.39, 0.29) is 31.1 Å². The Labute approximate surface area is 368 Å². The Bertz CT molecular complexity index is 1280. The molecule has 0 aliphatic carbocycles. The van der Waals surface area contributed by atoms with Gasteiger partial charge in [0, 0.05) is 19.3 Å². The van der Waals surface area contributed by atoms with Crippen LogP contribution in [0.2, 0.25) is 0 Å². The largest absolute Gasteiger partial charge is 0.462 e. The zero-order valence-electron chi connectivity index (χ0n) is 38.4. The molecule has 60 heavy (non-hydrogen) atoms. The van der Waals surface area contributed by atoms with Gasteiger partial charge in [0.1, 0.15) is 13.2 Å². The van der Waals surface area contributed by atoms with E-state index in [0.29, 0.717) is 19.3 Å². The molecule has 0 N–H and O–H groups in total. The standard InChI is InChI=1S/C54H86O6/c1-4-7-10-13-15-16-17-18-19-20-21-22-23-24-25-26-27-28-29-30-31-32-33-34-35-36-37-38-39-42-44-47-53(56)59-50-51(49-58-52(55)46-43-40-12-9-6-3)60-54(57)48-45-41-14-11-8-5-2/h7,10,15-16,18-19,21-22,24-25,27-28,30-31,33-34,36-37,51H,4-6,8-9,11-14,17,20,23,26,29,32,35,38-50H2,1-3H3/b10-7-,16-15-,19-18-,22-21-,25-24-,28-27-,31-30-,34-33-,37-36-. The minimum absolute atomic E-state index is 0.0907. The topological polar surface area (TPSA) is 78.9 Å².